The zero-order valence-electron chi connectivity index (χ0n) is 12.3. The molecule has 0 radical (unpaired) electrons. The minimum atomic E-state index is -3.74. The van der Waals surface area contributed by atoms with Crippen molar-refractivity contribution in [2.75, 3.05) is 0 Å². The number of nitrogens with one attached hydrogen (secondary N) is 1. The third-order valence-corrected chi connectivity index (χ3v) is 5.02. The van der Waals surface area contributed by atoms with Crippen molar-refractivity contribution >= 4 is 10.0 Å². The molecular weight excluding hydrogens is 321 g/mol. The van der Waals surface area contributed by atoms with E-state index < -0.39 is 15.8 Å². The molecule has 0 unspecified atom stereocenters. The highest BCUT2D eigenvalue weighted by molar-refractivity contribution is 7.89. The summed E-state index contributed by atoms with van der Waals surface area (Å²) in [6.45, 7) is -0.0796. The quantitative estimate of drug-likeness (QED) is 0.817. The monoisotopic (exact) mass is 337 g/mol. The van der Waals surface area contributed by atoms with E-state index >= 15 is 0 Å². The average Bonchev–Trinajstić information content (AvgIpc) is 3.18. The number of sulfonamides is 1. The number of hydrogen-bond donors (Lipinski definition) is 1. The van der Waals surface area contributed by atoms with Gasteiger partial charge in [-0.15, -0.1) is 0 Å². The lowest BCUT2D eigenvalue weighted by molar-refractivity contribution is 0.359. The maximum absolute atomic E-state index is 12.8. The number of halogens is 1. The summed E-state index contributed by atoms with van der Waals surface area (Å²) in [4.78, 5) is 4.17. The lowest BCUT2D eigenvalue weighted by atomic mass is 10.1. The molecule has 0 amide bonds. The van der Waals surface area contributed by atoms with Gasteiger partial charge in [0.05, 0.1) is 11.4 Å². The molecule has 1 aliphatic rings. The maximum atomic E-state index is 12.8. The van der Waals surface area contributed by atoms with Crippen LogP contribution in [0.3, 0.4) is 0 Å². The van der Waals surface area contributed by atoms with E-state index in [0.717, 1.165) is 25.0 Å². The van der Waals surface area contributed by atoms with E-state index in [-0.39, 0.29) is 17.3 Å². The van der Waals surface area contributed by atoms with Crippen LogP contribution in [0.5, 0.6) is 0 Å². The van der Waals surface area contributed by atoms with E-state index in [2.05, 4.69) is 27.0 Å². The molecule has 0 saturated carbocycles. The Labute approximate surface area is 133 Å². The first-order valence-corrected chi connectivity index (χ1v) is 8.74. The molecule has 2 aromatic rings. The van der Waals surface area contributed by atoms with E-state index in [9.17, 15) is 12.8 Å². The topological polar surface area (TPSA) is 85.1 Å². The van der Waals surface area contributed by atoms with Gasteiger partial charge in [0.1, 0.15) is 5.82 Å². The van der Waals surface area contributed by atoms with Crippen LogP contribution in [-0.2, 0) is 23.0 Å². The zero-order chi connectivity index (χ0) is 16.3. The minimum Gasteiger partial charge on any atom is -0.339 e. The van der Waals surface area contributed by atoms with Gasteiger partial charge in [0.15, 0.2) is 5.82 Å². The molecule has 1 heterocycles. The average molecular weight is 337 g/mol. The highest BCUT2D eigenvalue weighted by atomic mass is 32.2. The Balaban J connectivity index is 1.60. The summed E-state index contributed by atoms with van der Waals surface area (Å²) in [5.41, 5.74) is 0. The van der Waals surface area contributed by atoms with E-state index in [0.29, 0.717) is 18.2 Å². The predicted octanol–water partition coefficient (Wildman–Crippen LogP) is 2.20. The van der Waals surface area contributed by atoms with Gasteiger partial charge in [-0.3, -0.25) is 0 Å². The standard InChI is InChI=1S/C15H16FN3O3S/c16-12-5-7-13(8-6-12)23(20,21)17-10-14-18-15(22-19-14)9-11-3-1-2-4-11/h1,3,5-8,11,17H,2,4,9-10H2/t11-/m0/s1. The Morgan fingerprint density at radius 1 is 1.30 bits per heavy atom. The number of benzene rings is 1. The third-order valence-electron chi connectivity index (χ3n) is 3.60. The van der Waals surface area contributed by atoms with Crippen LogP contribution in [0.4, 0.5) is 4.39 Å². The van der Waals surface area contributed by atoms with Crippen molar-refractivity contribution in [2.24, 2.45) is 5.92 Å². The second kappa shape index (κ2) is 6.59. The van der Waals surface area contributed by atoms with Crippen molar-refractivity contribution in [2.45, 2.75) is 30.7 Å². The van der Waals surface area contributed by atoms with Gasteiger partial charge >= 0.3 is 0 Å². The zero-order valence-corrected chi connectivity index (χ0v) is 13.1. The van der Waals surface area contributed by atoms with Crippen molar-refractivity contribution < 1.29 is 17.3 Å². The van der Waals surface area contributed by atoms with Crippen LogP contribution in [0.2, 0.25) is 0 Å². The Morgan fingerprint density at radius 2 is 2.09 bits per heavy atom. The fourth-order valence-electron chi connectivity index (χ4n) is 2.39. The van der Waals surface area contributed by atoms with E-state index in [1.807, 2.05) is 0 Å². The molecule has 3 rings (SSSR count). The maximum Gasteiger partial charge on any atom is 0.240 e. The molecule has 1 N–H and O–H groups in total. The predicted molar refractivity (Wildman–Crippen MR) is 80.3 cm³/mol. The third kappa shape index (κ3) is 4.02. The second-order valence-electron chi connectivity index (χ2n) is 5.35. The van der Waals surface area contributed by atoms with Gasteiger partial charge < -0.3 is 4.52 Å². The molecule has 0 aliphatic heterocycles. The lowest BCUT2D eigenvalue weighted by Crippen LogP contribution is -2.23. The number of allylic oxidation sites excluding steroid dienone is 2. The molecule has 0 fully saturated rings. The van der Waals surface area contributed by atoms with E-state index in [1.54, 1.807) is 0 Å². The summed E-state index contributed by atoms with van der Waals surface area (Å²) >= 11 is 0. The van der Waals surface area contributed by atoms with Crippen LogP contribution in [0.15, 0.2) is 45.8 Å². The van der Waals surface area contributed by atoms with Crippen LogP contribution in [0.1, 0.15) is 24.6 Å². The fourth-order valence-corrected chi connectivity index (χ4v) is 3.37. The molecule has 6 nitrogen and oxygen atoms in total. The van der Waals surface area contributed by atoms with Crippen molar-refractivity contribution in [3.8, 4) is 0 Å². The summed E-state index contributed by atoms with van der Waals surface area (Å²) in [6.07, 6.45) is 7.03. The van der Waals surface area contributed by atoms with Gasteiger partial charge in [0, 0.05) is 6.42 Å². The van der Waals surface area contributed by atoms with Gasteiger partial charge in [-0.1, -0.05) is 17.3 Å². The van der Waals surface area contributed by atoms with Gasteiger partial charge in [-0.05, 0) is 43.0 Å². The van der Waals surface area contributed by atoms with Crippen LogP contribution >= 0.6 is 0 Å². The molecule has 122 valence electrons. The minimum absolute atomic E-state index is 0.0151. The largest absolute Gasteiger partial charge is 0.339 e. The molecule has 1 aromatic heterocycles. The molecule has 23 heavy (non-hydrogen) atoms. The van der Waals surface area contributed by atoms with Crippen molar-refractivity contribution in [1.29, 1.82) is 0 Å². The number of rotatable bonds is 6. The first-order chi connectivity index (χ1) is 11.0. The van der Waals surface area contributed by atoms with Crippen LogP contribution < -0.4 is 4.72 Å². The van der Waals surface area contributed by atoms with Crippen molar-refractivity contribution in [1.82, 2.24) is 14.9 Å². The highest BCUT2D eigenvalue weighted by Crippen LogP contribution is 2.20. The van der Waals surface area contributed by atoms with Crippen LogP contribution in [0.25, 0.3) is 0 Å². The van der Waals surface area contributed by atoms with Crippen LogP contribution in [0, 0.1) is 11.7 Å². The first-order valence-electron chi connectivity index (χ1n) is 7.26. The molecule has 0 bridgehead atoms. The van der Waals surface area contributed by atoms with Crippen molar-refractivity contribution in [3.05, 3.63) is 53.9 Å². The summed E-state index contributed by atoms with van der Waals surface area (Å²) < 4.78 is 44.5. The molecular formula is C15H16FN3O3S. The second-order valence-corrected chi connectivity index (χ2v) is 7.12. The van der Waals surface area contributed by atoms with Crippen LogP contribution in [-0.4, -0.2) is 18.6 Å². The Kier molecular flexibility index (Phi) is 4.53. The fraction of sp³-hybridized carbons (Fsp3) is 0.333. The number of nitrogens with zero attached hydrogens (tertiary/aromatic N) is 2. The molecule has 0 spiro atoms. The number of aromatic nitrogens is 2. The summed E-state index contributed by atoms with van der Waals surface area (Å²) in [5.74, 6) is 0.678. The number of hydrogen-bond acceptors (Lipinski definition) is 5. The Bertz CT molecular complexity index is 800. The first kappa shape index (κ1) is 15.8. The van der Waals surface area contributed by atoms with Gasteiger partial charge in [0.2, 0.25) is 15.9 Å². The van der Waals surface area contributed by atoms with E-state index in [1.165, 1.54) is 12.1 Å². The van der Waals surface area contributed by atoms with Gasteiger partial charge in [-0.25, -0.2) is 17.5 Å². The summed E-state index contributed by atoms with van der Waals surface area (Å²) in [5, 5.41) is 3.77. The lowest BCUT2D eigenvalue weighted by Gasteiger charge is -2.04. The molecule has 8 heteroatoms. The SMILES string of the molecule is O=S(=O)(NCc1noc(C[C@H]2C=CCC2)n1)c1ccc(F)cc1. The normalized spacial score (nSPS) is 17.7. The highest BCUT2D eigenvalue weighted by Gasteiger charge is 2.17. The smallest absolute Gasteiger partial charge is 0.240 e. The van der Waals surface area contributed by atoms with Gasteiger partial charge in [-0.2, -0.15) is 4.98 Å². The van der Waals surface area contributed by atoms with Gasteiger partial charge in [0.25, 0.3) is 0 Å². The summed E-state index contributed by atoms with van der Waals surface area (Å²) in [7, 11) is -3.74. The molecule has 1 aromatic carbocycles. The van der Waals surface area contributed by atoms with E-state index in [4.69, 9.17) is 4.52 Å². The molecule has 0 saturated heterocycles. The molecule has 1 atom stereocenters. The Hall–Kier alpha value is -2.06. The Morgan fingerprint density at radius 3 is 2.78 bits per heavy atom. The summed E-state index contributed by atoms with van der Waals surface area (Å²) in [6, 6.07) is 4.59. The molecule has 1 aliphatic carbocycles. The van der Waals surface area contributed by atoms with Crippen molar-refractivity contribution in [3.63, 3.8) is 0 Å².